The fraction of sp³-hybridized carbons (Fsp3) is 0.0870. The first-order valence-electron chi connectivity index (χ1n) is 10.1. The quantitative estimate of drug-likeness (QED) is 0.329. The molecule has 2 aromatic carbocycles. The lowest BCUT2D eigenvalue weighted by Crippen LogP contribution is -2.28. The van der Waals surface area contributed by atoms with E-state index in [0.29, 0.717) is 27.6 Å². The fourth-order valence-corrected chi connectivity index (χ4v) is 4.14. The van der Waals surface area contributed by atoms with Gasteiger partial charge in [-0.05, 0) is 35.4 Å². The maximum absolute atomic E-state index is 14.7. The van der Waals surface area contributed by atoms with E-state index in [1.54, 1.807) is 30.6 Å². The molecule has 0 aliphatic carbocycles. The summed E-state index contributed by atoms with van der Waals surface area (Å²) >= 11 is 6.36. The van der Waals surface area contributed by atoms with E-state index < -0.39 is 18.0 Å². The molecule has 1 aliphatic rings. The highest BCUT2D eigenvalue weighted by molar-refractivity contribution is 6.31. The summed E-state index contributed by atoms with van der Waals surface area (Å²) in [5.41, 5.74) is 8.02. The van der Waals surface area contributed by atoms with E-state index in [1.165, 1.54) is 21.5 Å². The molecule has 170 valence electrons. The van der Waals surface area contributed by atoms with Crippen LogP contribution in [0.4, 0.5) is 15.0 Å². The molecule has 1 aliphatic heterocycles. The normalized spacial score (nSPS) is 16.2. The zero-order valence-electron chi connectivity index (χ0n) is 17.5. The number of amidine groups is 1. The number of anilines is 1. The number of nitrogens with two attached hydrogens (primary N) is 1. The molecule has 4 aromatic rings. The van der Waals surface area contributed by atoms with Gasteiger partial charge in [0.15, 0.2) is 5.65 Å². The van der Waals surface area contributed by atoms with Gasteiger partial charge in [-0.15, -0.1) is 0 Å². The number of aromatic nitrogens is 3. The fourth-order valence-electron chi connectivity index (χ4n) is 3.88. The molecular formula is C23H17ClFN7O2. The number of nitrogens with zero attached hydrogens (tertiary/aromatic N) is 5. The molecule has 1 atom stereocenters. The highest BCUT2D eigenvalue weighted by Gasteiger charge is 2.37. The first kappa shape index (κ1) is 21.5. The molecule has 3 N–H and O–H groups in total. The first-order chi connectivity index (χ1) is 16.5. The summed E-state index contributed by atoms with van der Waals surface area (Å²) in [7, 11) is 0. The number of hydrogen-bond acceptors (Lipinski definition) is 5. The number of hydrogen-bond donors (Lipinski definition) is 2. The minimum Gasteiger partial charge on any atom is -0.447 e. The average molecular weight is 478 g/mol. The van der Waals surface area contributed by atoms with Crippen LogP contribution in [-0.4, -0.2) is 39.5 Å². The lowest BCUT2D eigenvalue weighted by atomic mass is 10.1. The van der Waals surface area contributed by atoms with Crippen LogP contribution >= 0.6 is 11.6 Å². The second-order valence-electron chi connectivity index (χ2n) is 7.43. The Hall–Kier alpha value is -4.31. The molecule has 2 aromatic heterocycles. The number of fused-ring (bicyclic) bond motifs is 1. The summed E-state index contributed by atoms with van der Waals surface area (Å²) in [5, 5.41) is 11.8. The number of rotatable bonds is 5. The summed E-state index contributed by atoms with van der Waals surface area (Å²) in [5.74, 6) is -0.350. The van der Waals surface area contributed by atoms with Crippen molar-refractivity contribution in [1.29, 1.82) is 5.41 Å². The number of nitrogens with one attached hydrogen (secondary N) is 1. The summed E-state index contributed by atoms with van der Waals surface area (Å²) < 4.78 is 21.5. The van der Waals surface area contributed by atoms with Crippen LogP contribution < -0.4 is 10.6 Å². The van der Waals surface area contributed by atoms with Crippen molar-refractivity contribution in [1.82, 2.24) is 14.6 Å². The standard InChI is InChI=1S/C23H17ClFN7O2/c24-17-4-2-1-3-14(17)19-11-34-23(33)32(19)20-7-8-31-22(30-20)16(10-29-31)13-5-6-15(18(25)9-13)21(27)28-12-26/h1-10,12,19H,11H2,(H3,26,27,28). The molecule has 0 bridgehead atoms. The van der Waals surface area contributed by atoms with Crippen LogP contribution in [0.15, 0.2) is 65.9 Å². The maximum atomic E-state index is 14.7. The van der Waals surface area contributed by atoms with Crippen molar-refractivity contribution in [2.75, 3.05) is 11.5 Å². The summed E-state index contributed by atoms with van der Waals surface area (Å²) in [6, 6.07) is 12.9. The molecular weight excluding hydrogens is 461 g/mol. The number of amides is 1. The molecule has 0 spiro atoms. The number of aliphatic imine (C=N–C) groups is 1. The van der Waals surface area contributed by atoms with Gasteiger partial charge < -0.3 is 10.5 Å². The van der Waals surface area contributed by atoms with Gasteiger partial charge >= 0.3 is 6.09 Å². The summed E-state index contributed by atoms with van der Waals surface area (Å²) in [6.45, 7) is 0.132. The van der Waals surface area contributed by atoms with Crippen LogP contribution in [0.1, 0.15) is 17.2 Å². The van der Waals surface area contributed by atoms with Crippen LogP contribution in [0.3, 0.4) is 0 Å². The van der Waals surface area contributed by atoms with Crippen molar-refractivity contribution in [2.45, 2.75) is 6.04 Å². The topological polar surface area (TPSA) is 122 Å². The second kappa shape index (κ2) is 8.56. The Morgan fingerprint density at radius 2 is 2.12 bits per heavy atom. The molecule has 1 unspecified atom stereocenters. The van der Waals surface area contributed by atoms with Crippen LogP contribution in [-0.2, 0) is 4.74 Å². The van der Waals surface area contributed by atoms with Gasteiger partial charge in [0.2, 0.25) is 0 Å². The molecule has 5 rings (SSSR count). The zero-order chi connectivity index (χ0) is 23.8. The number of carbonyl (C=O) groups is 1. The van der Waals surface area contributed by atoms with Crippen molar-refractivity contribution < 1.29 is 13.9 Å². The molecule has 34 heavy (non-hydrogen) atoms. The minimum atomic E-state index is -0.599. The van der Waals surface area contributed by atoms with Crippen molar-refractivity contribution in [2.24, 2.45) is 10.7 Å². The van der Waals surface area contributed by atoms with Gasteiger partial charge in [0.05, 0.1) is 11.8 Å². The van der Waals surface area contributed by atoms with Crippen LogP contribution in [0.25, 0.3) is 16.8 Å². The summed E-state index contributed by atoms with van der Waals surface area (Å²) in [6.07, 6.45) is 3.43. The lowest BCUT2D eigenvalue weighted by Gasteiger charge is -2.21. The highest BCUT2D eigenvalue weighted by Crippen LogP contribution is 2.36. The Balaban J connectivity index is 1.57. The first-order valence-corrected chi connectivity index (χ1v) is 10.5. The highest BCUT2D eigenvalue weighted by atomic mass is 35.5. The monoisotopic (exact) mass is 477 g/mol. The van der Waals surface area contributed by atoms with Gasteiger partial charge in [0.25, 0.3) is 0 Å². The number of benzene rings is 2. The smallest absolute Gasteiger partial charge is 0.416 e. The molecule has 1 saturated heterocycles. The molecule has 3 heterocycles. The van der Waals surface area contributed by atoms with E-state index in [2.05, 4.69) is 15.1 Å². The third-order valence-corrected chi connectivity index (χ3v) is 5.84. The number of carbonyl (C=O) groups excluding carboxylic acids is 1. The van der Waals surface area contributed by atoms with Gasteiger partial charge in [0, 0.05) is 16.8 Å². The van der Waals surface area contributed by atoms with Crippen molar-refractivity contribution in [3.8, 4) is 11.1 Å². The maximum Gasteiger partial charge on any atom is 0.416 e. The van der Waals surface area contributed by atoms with Crippen LogP contribution in [0.5, 0.6) is 0 Å². The third-order valence-electron chi connectivity index (χ3n) is 5.50. The van der Waals surface area contributed by atoms with Crippen LogP contribution in [0.2, 0.25) is 5.02 Å². The summed E-state index contributed by atoms with van der Waals surface area (Å²) in [4.78, 5) is 22.3. The van der Waals surface area contributed by atoms with E-state index in [1.807, 2.05) is 18.2 Å². The van der Waals surface area contributed by atoms with E-state index >= 15 is 0 Å². The Bertz CT molecular complexity index is 1470. The Kier molecular flexibility index (Phi) is 5.42. The lowest BCUT2D eigenvalue weighted by molar-refractivity contribution is 0.179. The Morgan fingerprint density at radius 3 is 2.88 bits per heavy atom. The van der Waals surface area contributed by atoms with Gasteiger partial charge in [0.1, 0.15) is 36.5 Å². The number of ether oxygens (including phenoxy) is 1. The predicted molar refractivity (Wildman–Crippen MR) is 126 cm³/mol. The van der Waals surface area contributed by atoms with E-state index in [4.69, 9.17) is 27.5 Å². The van der Waals surface area contributed by atoms with E-state index in [-0.39, 0.29) is 18.0 Å². The predicted octanol–water partition coefficient (Wildman–Crippen LogP) is 4.20. The molecule has 0 saturated carbocycles. The average Bonchev–Trinajstić information content (AvgIpc) is 3.42. The van der Waals surface area contributed by atoms with Gasteiger partial charge in [-0.25, -0.2) is 23.7 Å². The van der Waals surface area contributed by atoms with Crippen LogP contribution in [0, 0.1) is 11.2 Å². The van der Waals surface area contributed by atoms with Crippen molar-refractivity contribution >= 4 is 41.3 Å². The molecule has 1 fully saturated rings. The van der Waals surface area contributed by atoms with Gasteiger partial charge in [-0.3, -0.25) is 10.3 Å². The molecule has 1 amide bonds. The molecule has 0 radical (unpaired) electrons. The zero-order valence-corrected chi connectivity index (χ0v) is 18.3. The Labute approximate surface area is 197 Å². The van der Waals surface area contributed by atoms with E-state index in [0.717, 1.165) is 11.9 Å². The number of cyclic esters (lactones) is 1. The largest absolute Gasteiger partial charge is 0.447 e. The van der Waals surface area contributed by atoms with Crippen molar-refractivity contribution in [3.63, 3.8) is 0 Å². The molecule has 9 nitrogen and oxygen atoms in total. The van der Waals surface area contributed by atoms with Crippen molar-refractivity contribution in [3.05, 3.63) is 82.9 Å². The minimum absolute atomic E-state index is 0.0831. The SMILES string of the molecule is N=CN=C(N)c1ccc(-c2cnn3ccc(N4C(=O)OCC4c4ccccc4Cl)nc23)cc1F. The van der Waals surface area contributed by atoms with E-state index in [9.17, 15) is 9.18 Å². The Morgan fingerprint density at radius 1 is 1.29 bits per heavy atom. The third kappa shape index (κ3) is 3.63. The second-order valence-corrected chi connectivity index (χ2v) is 7.84. The van der Waals surface area contributed by atoms with Gasteiger partial charge in [-0.1, -0.05) is 35.9 Å². The number of halogens is 2. The molecule has 11 heteroatoms. The van der Waals surface area contributed by atoms with Gasteiger partial charge in [-0.2, -0.15) is 5.10 Å².